The van der Waals surface area contributed by atoms with Crippen LogP contribution in [0.1, 0.15) is 12.6 Å². The number of hydrogen-bond donors (Lipinski definition) is 0. The highest BCUT2D eigenvalue weighted by Gasteiger charge is 2.21. The molecule has 0 radical (unpaired) electrons. The average Bonchev–Trinajstić information content (AvgIpc) is 2.59. The molecule has 1 aromatic heterocycles. The first kappa shape index (κ1) is 16.4. The maximum atomic E-state index is 12.8. The molecule has 24 heavy (non-hydrogen) atoms. The summed E-state index contributed by atoms with van der Waals surface area (Å²) in [5.41, 5.74) is 3.14. The first-order valence-electron chi connectivity index (χ1n) is 8.27. The molecule has 1 aliphatic rings. The molecule has 0 saturated carbocycles. The van der Waals surface area contributed by atoms with Crippen molar-refractivity contribution in [2.24, 2.45) is 0 Å². The Bertz CT molecular complexity index is 764. The summed E-state index contributed by atoms with van der Waals surface area (Å²) in [6, 6.07) is 10.2. The minimum Gasteiger partial charge on any atom is -0.367 e. The minimum atomic E-state index is -1.10. The Balaban J connectivity index is 1.75. The van der Waals surface area contributed by atoms with Crippen molar-refractivity contribution in [2.45, 2.75) is 20.0 Å². The molecule has 1 unspecified atom stereocenters. The fraction of sp³-hybridized carbons (Fsp3) is 0.368. The van der Waals surface area contributed by atoms with Gasteiger partial charge in [0.1, 0.15) is 6.17 Å². The third-order valence-corrected chi connectivity index (χ3v) is 4.26. The van der Waals surface area contributed by atoms with Gasteiger partial charge in [-0.2, -0.15) is 0 Å². The largest absolute Gasteiger partial charge is 0.367 e. The molecule has 1 saturated heterocycles. The molecule has 1 amide bonds. The predicted octanol–water partition coefficient (Wildman–Crippen LogP) is 3.11. The van der Waals surface area contributed by atoms with Gasteiger partial charge in [0.25, 0.3) is 0 Å². The topological polar surface area (TPSA) is 36.4 Å². The second kappa shape index (κ2) is 6.99. The van der Waals surface area contributed by atoms with Gasteiger partial charge in [-0.25, -0.2) is 4.39 Å². The van der Waals surface area contributed by atoms with E-state index in [1.165, 1.54) is 19.1 Å². The highest BCUT2D eigenvalue weighted by Crippen LogP contribution is 2.27. The Kier molecular flexibility index (Phi) is 4.79. The Morgan fingerprint density at radius 3 is 2.67 bits per heavy atom. The molecule has 1 atom stereocenters. The molecule has 0 N–H and O–H groups in total. The molecular formula is C19H22FN3O. The number of anilines is 1. The molecule has 3 rings (SSSR count). The van der Waals surface area contributed by atoms with Crippen LogP contribution in [0.2, 0.25) is 0 Å². The molecule has 0 bridgehead atoms. The van der Waals surface area contributed by atoms with E-state index in [4.69, 9.17) is 0 Å². The Labute approximate surface area is 141 Å². The molecule has 1 aliphatic heterocycles. The number of piperazine rings is 1. The molecule has 1 fully saturated rings. The van der Waals surface area contributed by atoms with Crippen LogP contribution in [0, 0.1) is 6.92 Å². The predicted molar refractivity (Wildman–Crippen MR) is 95.0 cm³/mol. The van der Waals surface area contributed by atoms with E-state index in [9.17, 15) is 9.18 Å². The first-order chi connectivity index (χ1) is 11.5. The number of amides is 1. The van der Waals surface area contributed by atoms with Crippen LogP contribution in [0.15, 0.2) is 42.5 Å². The number of benzene rings is 1. The number of aromatic nitrogens is 1. The summed E-state index contributed by atoms with van der Waals surface area (Å²) in [6.07, 6.45) is 1.54. The smallest absolute Gasteiger partial charge is 0.246 e. The summed E-state index contributed by atoms with van der Waals surface area (Å²) >= 11 is 0. The van der Waals surface area contributed by atoms with Gasteiger partial charge in [-0.1, -0.05) is 18.2 Å². The highest BCUT2D eigenvalue weighted by atomic mass is 19.1. The third-order valence-electron chi connectivity index (χ3n) is 4.26. The Morgan fingerprint density at radius 1 is 1.25 bits per heavy atom. The lowest BCUT2D eigenvalue weighted by atomic mass is 10.1. The number of nitrogens with zero attached hydrogens (tertiary/aromatic N) is 3. The molecule has 2 heterocycles. The number of carbonyl (C=O) groups is 1. The zero-order valence-corrected chi connectivity index (χ0v) is 14.1. The van der Waals surface area contributed by atoms with Crippen LogP contribution >= 0.6 is 0 Å². The van der Waals surface area contributed by atoms with Crippen molar-refractivity contribution in [3.63, 3.8) is 0 Å². The van der Waals surface area contributed by atoms with Crippen molar-refractivity contribution in [1.82, 2.24) is 9.88 Å². The summed E-state index contributed by atoms with van der Waals surface area (Å²) in [4.78, 5) is 20.7. The minimum absolute atomic E-state index is 0.116. The molecule has 4 nitrogen and oxygen atoms in total. The van der Waals surface area contributed by atoms with Crippen LogP contribution < -0.4 is 4.90 Å². The summed E-state index contributed by atoms with van der Waals surface area (Å²) in [7, 11) is 0. The van der Waals surface area contributed by atoms with Crippen molar-refractivity contribution in [1.29, 1.82) is 0 Å². The number of alkyl halides is 1. The molecular weight excluding hydrogens is 305 g/mol. The van der Waals surface area contributed by atoms with E-state index < -0.39 is 6.17 Å². The van der Waals surface area contributed by atoms with Crippen molar-refractivity contribution in [2.75, 3.05) is 31.1 Å². The number of hydrogen-bond acceptors (Lipinski definition) is 3. The van der Waals surface area contributed by atoms with Crippen LogP contribution in [-0.2, 0) is 4.79 Å². The molecule has 1 aromatic carbocycles. The zero-order valence-electron chi connectivity index (χ0n) is 14.1. The van der Waals surface area contributed by atoms with E-state index in [0.29, 0.717) is 13.1 Å². The Hall–Kier alpha value is -2.43. The summed E-state index contributed by atoms with van der Waals surface area (Å²) in [5.74, 6) is -0.116. The van der Waals surface area contributed by atoms with Gasteiger partial charge in [0.05, 0.1) is 5.52 Å². The van der Waals surface area contributed by atoms with Crippen molar-refractivity contribution in [3.8, 4) is 0 Å². The molecule has 0 aliphatic carbocycles. The van der Waals surface area contributed by atoms with Gasteiger partial charge in [-0.05, 0) is 32.1 Å². The van der Waals surface area contributed by atoms with E-state index in [-0.39, 0.29) is 5.91 Å². The highest BCUT2D eigenvalue weighted by molar-refractivity contribution is 5.92. The van der Waals surface area contributed by atoms with Gasteiger partial charge >= 0.3 is 0 Å². The average molecular weight is 327 g/mol. The van der Waals surface area contributed by atoms with Crippen molar-refractivity contribution < 1.29 is 9.18 Å². The van der Waals surface area contributed by atoms with Gasteiger partial charge in [0, 0.05) is 49.0 Å². The standard InChI is InChI=1S/C19H22FN3O/c1-14(20)7-8-19(24)23-11-9-22(10-12-23)18-13-15(2)21-17-6-4-3-5-16(17)18/h3-8,13-14H,9-12H2,1-2H3. The summed E-state index contributed by atoms with van der Waals surface area (Å²) in [5, 5.41) is 1.13. The normalized spacial score (nSPS) is 16.8. The SMILES string of the molecule is Cc1cc(N2CCN(C(=O)C=CC(C)F)CC2)c2ccccc2n1. The number of pyridine rings is 1. The fourth-order valence-corrected chi connectivity index (χ4v) is 3.04. The van der Waals surface area contributed by atoms with Crippen molar-refractivity contribution in [3.05, 3.63) is 48.2 Å². The summed E-state index contributed by atoms with van der Waals surface area (Å²) < 4.78 is 12.8. The second-order valence-corrected chi connectivity index (χ2v) is 6.15. The lowest BCUT2D eigenvalue weighted by molar-refractivity contribution is -0.126. The van der Waals surface area contributed by atoms with Crippen molar-refractivity contribution >= 4 is 22.5 Å². The van der Waals surface area contributed by atoms with Gasteiger partial charge < -0.3 is 9.80 Å². The van der Waals surface area contributed by atoms with Gasteiger partial charge in [0.15, 0.2) is 0 Å². The summed E-state index contributed by atoms with van der Waals surface area (Å²) in [6.45, 7) is 6.22. The molecule has 0 spiro atoms. The van der Waals surface area contributed by atoms with Crippen LogP contribution in [0.4, 0.5) is 10.1 Å². The second-order valence-electron chi connectivity index (χ2n) is 6.15. The van der Waals surface area contributed by atoms with E-state index >= 15 is 0 Å². The fourth-order valence-electron chi connectivity index (χ4n) is 3.04. The van der Waals surface area contributed by atoms with E-state index in [0.717, 1.165) is 35.4 Å². The molecule has 126 valence electrons. The van der Waals surface area contributed by atoms with Crippen LogP contribution in [0.3, 0.4) is 0 Å². The van der Waals surface area contributed by atoms with Gasteiger partial charge in [0.2, 0.25) is 5.91 Å². The maximum Gasteiger partial charge on any atom is 0.246 e. The quantitative estimate of drug-likeness (QED) is 0.813. The van der Waals surface area contributed by atoms with E-state index in [1.807, 2.05) is 25.1 Å². The zero-order chi connectivity index (χ0) is 17.1. The van der Waals surface area contributed by atoms with E-state index in [1.54, 1.807) is 4.90 Å². The lowest BCUT2D eigenvalue weighted by Gasteiger charge is -2.36. The Morgan fingerprint density at radius 2 is 1.96 bits per heavy atom. The monoisotopic (exact) mass is 327 g/mol. The third kappa shape index (κ3) is 3.55. The molecule has 5 heteroatoms. The van der Waals surface area contributed by atoms with Crippen LogP contribution in [0.25, 0.3) is 10.9 Å². The van der Waals surface area contributed by atoms with Gasteiger partial charge in [-0.3, -0.25) is 9.78 Å². The molecule has 2 aromatic rings. The van der Waals surface area contributed by atoms with Crippen LogP contribution in [0.5, 0.6) is 0 Å². The number of para-hydroxylation sites is 1. The van der Waals surface area contributed by atoms with Crippen LogP contribution in [-0.4, -0.2) is 48.1 Å². The number of carbonyl (C=O) groups excluding carboxylic acids is 1. The first-order valence-corrected chi connectivity index (χ1v) is 8.27. The van der Waals surface area contributed by atoms with E-state index in [2.05, 4.69) is 22.0 Å². The number of allylic oxidation sites excluding steroid dienone is 1. The maximum absolute atomic E-state index is 12.8. The van der Waals surface area contributed by atoms with Gasteiger partial charge in [-0.15, -0.1) is 0 Å². The number of halogens is 1. The number of rotatable bonds is 3. The number of aryl methyl sites for hydroxylation is 1. The lowest BCUT2D eigenvalue weighted by Crippen LogP contribution is -2.48. The number of fused-ring (bicyclic) bond motifs is 1.